The van der Waals surface area contributed by atoms with Crippen LogP contribution in [0, 0.1) is 11.3 Å². The topological polar surface area (TPSA) is 64.8 Å². The lowest BCUT2D eigenvalue weighted by molar-refractivity contribution is -0.0906. The lowest BCUT2D eigenvalue weighted by atomic mass is 9.54. The molecule has 0 aromatic heterocycles. The molecule has 0 radical (unpaired) electrons. The van der Waals surface area contributed by atoms with E-state index in [1.54, 1.807) is 6.20 Å². The summed E-state index contributed by atoms with van der Waals surface area (Å²) >= 11 is 0. The van der Waals surface area contributed by atoms with Crippen molar-refractivity contribution in [1.82, 2.24) is 19.5 Å². The average molecular weight is 565 g/mol. The summed E-state index contributed by atoms with van der Waals surface area (Å²) in [5.41, 5.74) is 3.66. The first-order chi connectivity index (χ1) is 20.6. The van der Waals surface area contributed by atoms with Crippen molar-refractivity contribution in [2.24, 2.45) is 11.3 Å². The Morgan fingerprint density at radius 1 is 0.905 bits per heavy atom. The summed E-state index contributed by atoms with van der Waals surface area (Å²) in [4.78, 5) is 10.5. The molecule has 1 aliphatic carbocycles. The van der Waals surface area contributed by atoms with Crippen LogP contribution in [0.4, 0.5) is 0 Å². The predicted octanol–water partition coefficient (Wildman–Crippen LogP) is 6.52. The number of aromatic nitrogens is 2. The first kappa shape index (κ1) is 26.7. The smallest absolute Gasteiger partial charge is 0.109 e. The molecule has 0 saturated carbocycles. The van der Waals surface area contributed by atoms with Gasteiger partial charge in [0.2, 0.25) is 0 Å². The van der Waals surface area contributed by atoms with Gasteiger partial charge in [0.15, 0.2) is 0 Å². The van der Waals surface area contributed by atoms with Gasteiger partial charge in [0.25, 0.3) is 0 Å². The van der Waals surface area contributed by atoms with Crippen LogP contribution in [0.1, 0.15) is 69.9 Å². The van der Waals surface area contributed by atoms with E-state index in [1.807, 2.05) is 12.1 Å². The van der Waals surface area contributed by atoms with Crippen LogP contribution in [0.25, 0.3) is 27.7 Å². The van der Waals surface area contributed by atoms with E-state index in [2.05, 4.69) is 58.4 Å². The normalized spacial score (nSPS) is 37.0. The molecule has 6 atom stereocenters. The van der Waals surface area contributed by atoms with E-state index in [0.717, 1.165) is 105 Å². The van der Waals surface area contributed by atoms with Crippen LogP contribution in [-0.2, 0) is 0 Å². The maximum absolute atomic E-state index is 13.1. The molecule has 2 N–H and O–H groups in total. The van der Waals surface area contributed by atoms with E-state index < -0.39 is 5.60 Å². The number of nitrogens with zero attached hydrogens (tertiary/aromatic N) is 4. The highest BCUT2D eigenvalue weighted by Gasteiger charge is 2.65. The Bertz CT molecular complexity index is 1540. The monoisotopic (exact) mass is 564 g/mol. The number of hydrogen-bond donors (Lipinski definition) is 2. The second-order valence-electron chi connectivity index (χ2n) is 13.7. The zero-order valence-electron chi connectivity index (χ0n) is 24.7. The Morgan fingerprint density at radius 3 is 2.69 bits per heavy atom. The lowest BCUT2D eigenvalue weighted by Gasteiger charge is -2.58. The molecule has 0 amide bonds. The van der Waals surface area contributed by atoms with Crippen LogP contribution in [-0.4, -0.2) is 73.7 Å². The summed E-state index contributed by atoms with van der Waals surface area (Å²) < 4.78 is 1.30. The van der Waals surface area contributed by atoms with Crippen LogP contribution in [0.5, 0.6) is 0 Å². The number of benzene rings is 1. The van der Waals surface area contributed by atoms with Crippen molar-refractivity contribution in [3.8, 4) is 11.3 Å². The van der Waals surface area contributed by atoms with Gasteiger partial charge in [-0.15, -0.1) is 0 Å². The van der Waals surface area contributed by atoms with Gasteiger partial charge in [0.05, 0.1) is 22.9 Å². The quantitative estimate of drug-likeness (QED) is 0.260. The van der Waals surface area contributed by atoms with E-state index in [-0.39, 0.29) is 17.4 Å². The molecule has 6 unspecified atom stereocenters. The van der Waals surface area contributed by atoms with E-state index in [0.29, 0.717) is 6.04 Å². The molecule has 7 aliphatic rings. The first-order valence-electron chi connectivity index (χ1n) is 16.4. The number of para-hydroxylation sites is 1. The van der Waals surface area contributed by atoms with Crippen LogP contribution >= 0.6 is 0 Å². The Balaban J connectivity index is 1.35. The van der Waals surface area contributed by atoms with Crippen LogP contribution in [0.3, 0.4) is 0 Å². The van der Waals surface area contributed by atoms with E-state index in [9.17, 15) is 10.3 Å². The molecular weight excluding hydrogens is 520 g/mol. The van der Waals surface area contributed by atoms with Crippen molar-refractivity contribution in [2.45, 2.75) is 81.9 Å². The molecule has 8 rings (SSSR count). The fraction of sp³-hybridized carbons (Fsp3) is 0.528. The number of allylic oxidation sites excluding steroid dienone is 4. The molecule has 2 saturated heterocycles. The summed E-state index contributed by atoms with van der Waals surface area (Å²) in [7, 11) is 0. The molecule has 2 fully saturated rings. The van der Waals surface area contributed by atoms with Gasteiger partial charge in [-0.3, -0.25) is 4.90 Å². The zero-order chi connectivity index (χ0) is 28.3. The van der Waals surface area contributed by atoms with Crippen molar-refractivity contribution in [2.75, 3.05) is 26.2 Å². The number of hydrogen-bond acceptors (Lipinski definition) is 5. The number of pyridine rings is 1. The second-order valence-corrected chi connectivity index (χ2v) is 13.7. The van der Waals surface area contributed by atoms with Crippen LogP contribution in [0.15, 0.2) is 66.9 Å². The third kappa shape index (κ3) is 4.13. The fourth-order valence-electron chi connectivity index (χ4n) is 9.67. The molecule has 42 heavy (non-hydrogen) atoms. The number of aliphatic hydroxyl groups is 1. The van der Waals surface area contributed by atoms with Crippen LogP contribution in [0.2, 0.25) is 0 Å². The van der Waals surface area contributed by atoms with E-state index >= 15 is 0 Å². The van der Waals surface area contributed by atoms with E-state index in [4.69, 9.17) is 4.98 Å². The lowest BCUT2D eigenvalue weighted by Crippen LogP contribution is -2.65. The van der Waals surface area contributed by atoms with Crippen molar-refractivity contribution in [3.63, 3.8) is 0 Å². The minimum Gasteiger partial charge on any atom is -0.428 e. The first-order valence-corrected chi connectivity index (χ1v) is 16.4. The van der Waals surface area contributed by atoms with Gasteiger partial charge in [-0.05, 0) is 114 Å². The van der Waals surface area contributed by atoms with Gasteiger partial charge in [0, 0.05) is 35.1 Å². The molecule has 3 bridgehead atoms. The highest BCUT2D eigenvalue weighted by atomic mass is 16.5. The molecule has 220 valence electrons. The highest BCUT2D eigenvalue weighted by Crippen LogP contribution is 2.62. The summed E-state index contributed by atoms with van der Waals surface area (Å²) in [5.74, 6) is 0.243. The third-order valence-corrected chi connectivity index (χ3v) is 11.2. The van der Waals surface area contributed by atoms with Gasteiger partial charge < -0.3 is 15.2 Å². The van der Waals surface area contributed by atoms with Gasteiger partial charge in [-0.1, -0.05) is 42.5 Å². The Morgan fingerprint density at radius 2 is 1.76 bits per heavy atom. The summed E-state index contributed by atoms with van der Waals surface area (Å²) in [6.45, 7) is 4.21. The van der Waals surface area contributed by atoms with Crippen molar-refractivity contribution < 1.29 is 10.3 Å². The molecule has 6 aliphatic heterocycles. The molecule has 1 aromatic rings. The van der Waals surface area contributed by atoms with Gasteiger partial charge in [0.1, 0.15) is 5.69 Å². The number of piperidine rings is 1. The van der Waals surface area contributed by atoms with Crippen molar-refractivity contribution in [1.29, 1.82) is 0 Å². The summed E-state index contributed by atoms with van der Waals surface area (Å²) in [6, 6.07) is 10.7. The standard InChI is InChI=1S/C36H44N4O2/c41-36-18-10-4-1-2-5-11-19-38-21-17-30(35(25-38)23-26-13-7-3-6-12-20-39(26)34(35)36)29(24-36)33-32-28(16-22-40(33)42)27-14-8-9-15-31(27)37-32/h1-2,7-9,13-16,22,24,26,30,34,41-42H,3-6,10-12,17-21,23,25H2/b2-1-,13-7-. The predicted molar refractivity (Wildman–Crippen MR) is 168 cm³/mol. The third-order valence-electron chi connectivity index (χ3n) is 11.2. The zero-order valence-corrected chi connectivity index (χ0v) is 24.7. The van der Waals surface area contributed by atoms with Gasteiger partial charge >= 0.3 is 0 Å². The minimum absolute atomic E-state index is 0.0667. The Labute approximate surface area is 249 Å². The van der Waals surface area contributed by atoms with Crippen molar-refractivity contribution in [3.05, 3.63) is 72.6 Å². The molecule has 6 heterocycles. The molecule has 6 nitrogen and oxygen atoms in total. The SMILES string of the molecule is On1ccc2c3ccccc3nc-2c1C1=CC2(O)CCC/C=C\CCCN3CCC1C1(CC4/C=C\CCCCN4C21)C3. The van der Waals surface area contributed by atoms with Crippen LogP contribution < -0.4 is 0 Å². The second kappa shape index (κ2) is 10.4. The van der Waals surface area contributed by atoms with E-state index in [1.165, 1.54) is 24.0 Å². The molecule has 1 aromatic carbocycles. The average Bonchev–Trinajstić information content (AvgIpc) is 3.49. The maximum atomic E-state index is 13.1. The summed E-state index contributed by atoms with van der Waals surface area (Å²) in [5, 5.41) is 25.7. The molecular formula is C36H44N4O2. The highest BCUT2D eigenvalue weighted by molar-refractivity contribution is 6.00. The Hall–Kier alpha value is -2.93. The molecule has 6 heteroatoms. The molecule has 1 spiro atoms. The van der Waals surface area contributed by atoms with Gasteiger partial charge in [-0.25, -0.2) is 4.98 Å². The largest absolute Gasteiger partial charge is 0.428 e. The summed E-state index contributed by atoms with van der Waals surface area (Å²) in [6.07, 6.45) is 24.2. The number of fused-ring (bicyclic) bond motifs is 5. The minimum atomic E-state index is -0.986. The number of rotatable bonds is 1. The van der Waals surface area contributed by atoms with Crippen molar-refractivity contribution >= 4 is 16.5 Å². The fourth-order valence-corrected chi connectivity index (χ4v) is 9.67. The maximum Gasteiger partial charge on any atom is 0.109 e. The van der Waals surface area contributed by atoms with Gasteiger partial charge in [-0.2, -0.15) is 4.73 Å². The Kier molecular flexibility index (Phi) is 6.58.